The molecule has 19 heteroatoms. The first-order chi connectivity index (χ1) is 41.7. The van der Waals surface area contributed by atoms with E-state index in [1.165, 1.54) is 128 Å². The minimum atomic E-state index is -4.95. The first kappa shape index (κ1) is 85.1. The first-order valence-electron chi connectivity index (χ1n) is 35.3. The number of esters is 4. The largest absolute Gasteiger partial charge is 0.472 e. The molecule has 87 heavy (non-hydrogen) atoms. The Morgan fingerprint density at radius 2 is 0.552 bits per heavy atom. The number of unbranched alkanes of at least 4 members (excludes halogenated alkanes) is 29. The highest BCUT2D eigenvalue weighted by Gasteiger charge is 2.30. The van der Waals surface area contributed by atoms with Gasteiger partial charge in [0.2, 0.25) is 0 Å². The topological polar surface area (TPSA) is 237 Å². The van der Waals surface area contributed by atoms with E-state index in [4.69, 9.17) is 37.0 Å². The monoisotopic (exact) mass is 1280 g/mol. The van der Waals surface area contributed by atoms with Crippen molar-refractivity contribution >= 4 is 39.5 Å². The molecule has 0 rings (SSSR count). The third-order valence-electron chi connectivity index (χ3n) is 16.3. The Balaban J connectivity index is 5.25. The third-order valence-corrected chi connectivity index (χ3v) is 18.2. The molecule has 0 amide bonds. The Morgan fingerprint density at radius 3 is 0.816 bits per heavy atom. The Labute approximate surface area is 530 Å². The van der Waals surface area contributed by atoms with Gasteiger partial charge >= 0.3 is 39.5 Å². The van der Waals surface area contributed by atoms with Crippen molar-refractivity contribution in [3.63, 3.8) is 0 Å². The van der Waals surface area contributed by atoms with Crippen LogP contribution in [0, 0.1) is 23.7 Å². The van der Waals surface area contributed by atoms with E-state index < -0.39 is 97.5 Å². The smallest absolute Gasteiger partial charge is 0.462 e. The second-order valence-electron chi connectivity index (χ2n) is 26.0. The Hall–Kier alpha value is -1.94. The summed E-state index contributed by atoms with van der Waals surface area (Å²) in [6.45, 7) is 14.0. The molecular weight excluding hydrogens is 1150 g/mol. The average Bonchev–Trinajstić information content (AvgIpc) is 3.69. The summed E-state index contributed by atoms with van der Waals surface area (Å²) in [6, 6.07) is 0. The predicted molar refractivity (Wildman–Crippen MR) is 349 cm³/mol. The van der Waals surface area contributed by atoms with E-state index in [0.29, 0.717) is 31.6 Å². The lowest BCUT2D eigenvalue weighted by Gasteiger charge is -2.21. The molecule has 0 fully saturated rings. The normalized spacial score (nSPS) is 15.0. The van der Waals surface area contributed by atoms with E-state index in [0.717, 1.165) is 114 Å². The second kappa shape index (κ2) is 57.9. The van der Waals surface area contributed by atoms with Gasteiger partial charge in [0.25, 0.3) is 0 Å². The predicted octanol–water partition coefficient (Wildman–Crippen LogP) is 18.9. The second-order valence-corrected chi connectivity index (χ2v) is 28.9. The van der Waals surface area contributed by atoms with Crippen LogP contribution in [0.3, 0.4) is 0 Å². The van der Waals surface area contributed by atoms with Gasteiger partial charge in [0.1, 0.15) is 19.3 Å². The number of aliphatic hydroxyl groups is 1. The maximum Gasteiger partial charge on any atom is 0.472 e. The van der Waals surface area contributed by atoms with Crippen LogP contribution in [-0.2, 0) is 65.4 Å². The van der Waals surface area contributed by atoms with Gasteiger partial charge in [-0.1, -0.05) is 280 Å². The van der Waals surface area contributed by atoms with Gasteiger partial charge in [-0.05, 0) is 49.4 Å². The fourth-order valence-electron chi connectivity index (χ4n) is 10.1. The average molecular weight is 1280 g/mol. The number of phosphoric acid groups is 2. The third kappa shape index (κ3) is 60.1. The molecule has 0 aliphatic carbocycles. The van der Waals surface area contributed by atoms with Crippen molar-refractivity contribution in [1.82, 2.24) is 0 Å². The van der Waals surface area contributed by atoms with E-state index >= 15 is 0 Å². The Kier molecular flexibility index (Phi) is 56.6. The van der Waals surface area contributed by atoms with Gasteiger partial charge in [-0.15, -0.1) is 0 Å². The number of hydrogen-bond acceptors (Lipinski definition) is 15. The SMILES string of the molecule is CCC(C)CCCCCCCCCCCCC(=O)O[C@H](COC(=O)CCCCCCCCCC(C)C)COP(=O)(O)OCC(O)COP(=O)(O)OC[C@@H](COC(=O)CCCCCCCCCCCCC(C)C)OC(=O)CCCCCCCCC(C)CC. The van der Waals surface area contributed by atoms with Crippen molar-refractivity contribution in [2.75, 3.05) is 39.6 Å². The van der Waals surface area contributed by atoms with Crippen LogP contribution in [0.4, 0.5) is 0 Å². The highest BCUT2D eigenvalue weighted by Crippen LogP contribution is 2.45. The van der Waals surface area contributed by atoms with Crippen LogP contribution in [0.5, 0.6) is 0 Å². The molecule has 0 bridgehead atoms. The number of ether oxygens (including phenoxy) is 4. The molecule has 0 saturated heterocycles. The molecule has 5 unspecified atom stereocenters. The van der Waals surface area contributed by atoms with E-state index in [2.05, 4.69) is 55.4 Å². The minimum Gasteiger partial charge on any atom is -0.462 e. The zero-order valence-corrected chi connectivity index (χ0v) is 58.4. The lowest BCUT2D eigenvalue weighted by Crippen LogP contribution is -2.30. The lowest BCUT2D eigenvalue weighted by molar-refractivity contribution is -0.161. The van der Waals surface area contributed by atoms with E-state index in [1.54, 1.807) is 0 Å². The van der Waals surface area contributed by atoms with Crippen LogP contribution >= 0.6 is 15.6 Å². The van der Waals surface area contributed by atoms with Gasteiger partial charge in [-0.2, -0.15) is 0 Å². The molecule has 0 radical (unpaired) electrons. The van der Waals surface area contributed by atoms with Crippen LogP contribution < -0.4 is 0 Å². The van der Waals surface area contributed by atoms with Crippen LogP contribution in [0.2, 0.25) is 0 Å². The van der Waals surface area contributed by atoms with Crippen molar-refractivity contribution in [2.45, 2.75) is 350 Å². The summed E-state index contributed by atoms with van der Waals surface area (Å²) in [7, 11) is -9.90. The highest BCUT2D eigenvalue weighted by atomic mass is 31.2. The molecule has 0 aromatic rings. The maximum absolute atomic E-state index is 13.0. The molecule has 0 aromatic heterocycles. The van der Waals surface area contributed by atoms with E-state index in [-0.39, 0.29) is 25.7 Å². The summed E-state index contributed by atoms with van der Waals surface area (Å²) < 4.78 is 68.2. The number of carbonyl (C=O) groups is 4. The van der Waals surface area contributed by atoms with Crippen LogP contribution in [0.15, 0.2) is 0 Å². The van der Waals surface area contributed by atoms with Crippen LogP contribution in [0.1, 0.15) is 331 Å². The first-order valence-corrected chi connectivity index (χ1v) is 38.3. The molecule has 7 atom stereocenters. The molecule has 516 valence electrons. The molecule has 0 aromatic carbocycles. The Morgan fingerprint density at radius 1 is 0.322 bits per heavy atom. The van der Waals surface area contributed by atoms with E-state index in [9.17, 15) is 43.2 Å². The summed E-state index contributed by atoms with van der Waals surface area (Å²) in [5.41, 5.74) is 0. The summed E-state index contributed by atoms with van der Waals surface area (Å²) in [6.07, 6.45) is 39.0. The lowest BCUT2D eigenvalue weighted by atomic mass is 9.99. The molecule has 17 nitrogen and oxygen atoms in total. The number of phosphoric ester groups is 2. The molecule has 0 spiro atoms. The molecular formula is C68H132O17P2. The molecule has 0 heterocycles. The summed E-state index contributed by atoms with van der Waals surface area (Å²) in [5.74, 6) is 0.851. The summed E-state index contributed by atoms with van der Waals surface area (Å²) in [5, 5.41) is 10.6. The number of hydrogen-bond donors (Lipinski definition) is 3. The molecule has 0 aliphatic rings. The fourth-order valence-corrected chi connectivity index (χ4v) is 11.7. The molecule has 0 saturated carbocycles. The van der Waals surface area contributed by atoms with Crippen molar-refractivity contribution in [3.8, 4) is 0 Å². The van der Waals surface area contributed by atoms with Crippen molar-refractivity contribution in [3.05, 3.63) is 0 Å². The number of carbonyl (C=O) groups excluding carboxylic acids is 4. The van der Waals surface area contributed by atoms with Gasteiger partial charge in [-0.25, -0.2) is 9.13 Å². The highest BCUT2D eigenvalue weighted by molar-refractivity contribution is 7.47. The van der Waals surface area contributed by atoms with Crippen LogP contribution in [-0.4, -0.2) is 96.7 Å². The van der Waals surface area contributed by atoms with Gasteiger partial charge in [0.05, 0.1) is 26.4 Å². The number of rotatable bonds is 65. The fraction of sp³-hybridized carbons (Fsp3) is 0.941. The molecule has 3 N–H and O–H groups in total. The van der Waals surface area contributed by atoms with Gasteiger partial charge in [0.15, 0.2) is 12.2 Å². The van der Waals surface area contributed by atoms with Gasteiger partial charge in [-0.3, -0.25) is 37.3 Å². The maximum atomic E-state index is 13.0. The van der Waals surface area contributed by atoms with Gasteiger partial charge in [0, 0.05) is 25.7 Å². The zero-order valence-electron chi connectivity index (χ0n) is 56.6. The van der Waals surface area contributed by atoms with Crippen molar-refractivity contribution < 1.29 is 80.2 Å². The minimum absolute atomic E-state index is 0.102. The van der Waals surface area contributed by atoms with Crippen LogP contribution in [0.25, 0.3) is 0 Å². The number of aliphatic hydroxyl groups excluding tert-OH is 1. The summed E-state index contributed by atoms with van der Waals surface area (Å²) in [4.78, 5) is 72.4. The Bertz CT molecular complexity index is 1730. The van der Waals surface area contributed by atoms with E-state index in [1.807, 2.05) is 0 Å². The quantitative estimate of drug-likeness (QED) is 0.0222. The van der Waals surface area contributed by atoms with Crippen molar-refractivity contribution in [1.29, 1.82) is 0 Å². The zero-order chi connectivity index (χ0) is 64.7. The van der Waals surface area contributed by atoms with Crippen molar-refractivity contribution in [2.24, 2.45) is 23.7 Å². The van der Waals surface area contributed by atoms with Gasteiger partial charge < -0.3 is 33.8 Å². The standard InChI is InChI=1S/C68H132O17P2/c1-9-60(7)46-38-30-22-16-12-14-18-24-34-42-50-67(72)84-63(54-79-66(71)49-41-33-25-19-21-29-37-45-59(5)6)56-82-86(74,75)80-52-62(69)53-81-87(76,77)83-57-64(85-68(73)51-43-35-27-26-31-39-47-61(8)10-2)55-78-65(70)48-40-32-23-17-13-11-15-20-28-36-44-58(3)4/h58-64,69H,9-57H2,1-8H3,(H,74,75)(H,76,77)/t60?,61?,62?,63-,64-/m1/s1. The summed E-state index contributed by atoms with van der Waals surface area (Å²) >= 11 is 0. The molecule has 0 aliphatic heterocycles.